The van der Waals surface area contributed by atoms with E-state index in [-0.39, 0.29) is 16.9 Å². The molecule has 0 atom stereocenters. The summed E-state index contributed by atoms with van der Waals surface area (Å²) in [5.41, 5.74) is 0.254. The van der Waals surface area contributed by atoms with E-state index in [4.69, 9.17) is 5.11 Å². The molecule has 2 heterocycles. The van der Waals surface area contributed by atoms with Crippen molar-refractivity contribution in [3.8, 4) is 0 Å². The second kappa shape index (κ2) is 2.44. The van der Waals surface area contributed by atoms with Crippen molar-refractivity contribution < 1.29 is 14.3 Å². The zero-order chi connectivity index (χ0) is 9.42. The van der Waals surface area contributed by atoms with Crippen LogP contribution in [-0.4, -0.2) is 21.0 Å². The molecule has 2 aromatic heterocycles. The molecule has 66 valence electrons. The average Bonchev–Trinajstić information content (AvgIpc) is 2.42. The van der Waals surface area contributed by atoms with Crippen LogP contribution < -0.4 is 5.76 Å². The number of rotatable bonds is 1. The number of hydrogen-bond acceptors (Lipinski definition) is 4. The normalized spacial score (nSPS) is 10.5. The molecule has 2 rings (SSSR count). The number of carboxylic acid groups (broad SMARTS) is 1. The standard InChI is InChI=1S/C7H4N2O4/c10-6(11)3-1-2-4-5(8-3)9-7(12)13-4/h1-2H,(H,10,11)(H,8,9,12). The SMILES string of the molecule is O=C(O)c1ccc2oc(=O)[nH]c2n1. The van der Waals surface area contributed by atoms with Gasteiger partial charge >= 0.3 is 11.7 Å². The third kappa shape index (κ3) is 1.18. The number of carbonyl (C=O) groups is 1. The monoisotopic (exact) mass is 180 g/mol. The fourth-order valence-electron chi connectivity index (χ4n) is 0.959. The molecule has 0 radical (unpaired) electrons. The molecule has 0 spiro atoms. The molecular formula is C7H4N2O4. The van der Waals surface area contributed by atoms with Crippen molar-refractivity contribution >= 4 is 17.2 Å². The number of H-pyrrole nitrogens is 1. The Balaban J connectivity index is 2.74. The summed E-state index contributed by atoms with van der Waals surface area (Å²) in [7, 11) is 0. The third-order valence-electron chi connectivity index (χ3n) is 1.50. The summed E-state index contributed by atoms with van der Waals surface area (Å²) >= 11 is 0. The van der Waals surface area contributed by atoms with Gasteiger partial charge in [0.25, 0.3) is 0 Å². The molecule has 0 fully saturated rings. The van der Waals surface area contributed by atoms with Gasteiger partial charge in [0.15, 0.2) is 16.9 Å². The number of nitrogens with one attached hydrogen (secondary N) is 1. The van der Waals surface area contributed by atoms with Gasteiger partial charge in [0.05, 0.1) is 0 Å². The molecule has 0 bridgehead atoms. The van der Waals surface area contributed by atoms with Crippen LogP contribution in [0.2, 0.25) is 0 Å². The molecule has 0 unspecified atom stereocenters. The first-order chi connectivity index (χ1) is 6.16. The molecule has 0 aromatic carbocycles. The van der Waals surface area contributed by atoms with Gasteiger partial charge in [-0.2, -0.15) is 0 Å². The Morgan fingerprint density at radius 2 is 2.31 bits per heavy atom. The van der Waals surface area contributed by atoms with Crippen molar-refractivity contribution in [2.75, 3.05) is 0 Å². The van der Waals surface area contributed by atoms with Crippen LogP contribution in [0.1, 0.15) is 10.5 Å². The van der Waals surface area contributed by atoms with Crippen LogP contribution in [0.4, 0.5) is 0 Å². The van der Waals surface area contributed by atoms with Gasteiger partial charge in [-0.05, 0) is 12.1 Å². The molecule has 6 nitrogen and oxygen atoms in total. The van der Waals surface area contributed by atoms with Gasteiger partial charge in [-0.1, -0.05) is 0 Å². The van der Waals surface area contributed by atoms with Crippen LogP contribution in [0, 0.1) is 0 Å². The highest BCUT2D eigenvalue weighted by Crippen LogP contribution is 2.07. The average molecular weight is 180 g/mol. The molecule has 0 aliphatic carbocycles. The largest absolute Gasteiger partial charge is 0.477 e. The Kier molecular flexibility index (Phi) is 1.42. The molecule has 13 heavy (non-hydrogen) atoms. The summed E-state index contributed by atoms with van der Waals surface area (Å²) < 4.78 is 4.64. The van der Waals surface area contributed by atoms with E-state index >= 15 is 0 Å². The van der Waals surface area contributed by atoms with E-state index in [9.17, 15) is 9.59 Å². The van der Waals surface area contributed by atoms with Gasteiger partial charge in [-0.3, -0.25) is 4.98 Å². The molecule has 0 aliphatic heterocycles. The minimum absolute atomic E-state index is 0.135. The van der Waals surface area contributed by atoms with Crippen LogP contribution in [-0.2, 0) is 0 Å². The first-order valence-corrected chi connectivity index (χ1v) is 3.40. The number of aromatic carboxylic acids is 1. The molecule has 0 amide bonds. The quantitative estimate of drug-likeness (QED) is 0.654. The lowest BCUT2D eigenvalue weighted by atomic mass is 10.3. The van der Waals surface area contributed by atoms with Crippen LogP contribution in [0.5, 0.6) is 0 Å². The summed E-state index contributed by atoms with van der Waals surface area (Å²) in [5.74, 6) is -1.80. The lowest BCUT2D eigenvalue weighted by Crippen LogP contribution is -2.00. The van der Waals surface area contributed by atoms with E-state index < -0.39 is 11.7 Å². The van der Waals surface area contributed by atoms with Crippen LogP contribution in [0.25, 0.3) is 11.2 Å². The van der Waals surface area contributed by atoms with Gasteiger partial charge in [0, 0.05) is 0 Å². The summed E-state index contributed by atoms with van der Waals surface area (Å²) in [6, 6.07) is 2.64. The van der Waals surface area contributed by atoms with Crippen molar-refractivity contribution in [3.05, 3.63) is 28.4 Å². The number of fused-ring (bicyclic) bond motifs is 1. The van der Waals surface area contributed by atoms with Crippen molar-refractivity contribution in [2.24, 2.45) is 0 Å². The maximum atomic E-state index is 10.7. The van der Waals surface area contributed by atoms with Gasteiger partial charge in [-0.25, -0.2) is 14.6 Å². The van der Waals surface area contributed by atoms with Crippen molar-refractivity contribution in [2.45, 2.75) is 0 Å². The van der Waals surface area contributed by atoms with E-state index in [2.05, 4.69) is 14.4 Å². The number of aromatic nitrogens is 2. The predicted molar refractivity (Wildman–Crippen MR) is 41.6 cm³/mol. The number of nitrogens with zero attached hydrogens (tertiary/aromatic N) is 1. The van der Waals surface area contributed by atoms with Crippen LogP contribution >= 0.6 is 0 Å². The first-order valence-electron chi connectivity index (χ1n) is 3.40. The Morgan fingerprint density at radius 3 is 3.00 bits per heavy atom. The van der Waals surface area contributed by atoms with Crippen molar-refractivity contribution in [1.29, 1.82) is 0 Å². The molecule has 6 heteroatoms. The number of aromatic amines is 1. The maximum Gasteiger partial charge on any atom is 0.418 e. The molecular weight excluding hydrogens is 176 g/mol. The van der Waals surface area contributed by atoms with E-state index in [1.807, 2.05) is 0 Å². The Hall–Kier alpha value is -2.11. The molecule has 2 aromatic rings. The third-order valence-corrected chi connectivity index (χ3v) is 1.50. The zero-order valence-electron chi connectivity index (χ0n) is 6.27. The van der Waals surface area contributed by atoms with Gasteiger partial charge in [0.2, 0.25) is 0 Å². The van der Waals surface area contributed by atoms with E-state index in [1.54, 1.807) is 0 Å². The minimum atomic E-state index is -1.15. The highest BCUT2D eigenvalue weighted by atomic mass is 16.4. The maximum absolute atomic E-state index is 10.7. The summed E-state index contributed by atoms with van der Waals surface area (Å²) in [5, 5.41) is 8.57. The molecule has 2 N–H and O–H groups in total. The number of hydrogen-bond donors (Lipinski definition) is 2. The Labute approximate surface area is 70.8 Å². The predicted octanol–water partition coefficient (Wildman–Crippen LogP) is 0.214. The zero-order valence-corrected chi connectivity index (χ0v) is 6.27. The lowest BCUT2D eigenvalue weighted by molar-refractivity contribution is 0.0691. The summed E-state index contributed by atoms with van der Waals surface area (Å²) in [6.45, 7) is 0. The van der Waals surface area contributed by atoms with E-state index in [1.165, 1.54) is 12.1 Å². The van der Waals surface area contributed by atoms with E-state index in [0.717, 1.165) is 0 Å². The van der Waals surface area contributed by atoms with Crippen LogP contribution in [0.3, 0.4) is 0 Å². The molecule has 0 aliphatic rings. The first kappa shape index (κ1) is 7.53. The Bertz CT molecular complexity index is 525. The van der Waals surface area contributed by atoms with Gasteiger partial charge in [-0.15, -0.1) is 0 Å². The fourth-order valence-corrected chi connectivity index (χ4v) is 0.959. The second-order valence-corrected chi connectivity index (χ2v) is 2.36. The highest BCUT2D eigenvalue weighted by molar-refractivity contribution is 5.87. The molecule has 0 saturated heterocycles. The summed E-state index contributed by atoms with van der Waals surface area (Å²) in [6.07, 6.45) is 0. The van der Waals surface area contributed by atoms with Gasteiger partial charge < -0.3 is 9.52 Å². The highest BCUT2D eigenvalue weighted by Gasteiger charge is 2.07. The number of pyridine rings is 1. The van der Waals surface area contributed by atoms with Crippen molar-refractivity contribution in [3.63, 3.8) is 0 Å². The summed E-state index contributed by atoms with van der Waals surface area (Å²) in [4.78, 5) is 27.0. The van der Waals surface area contributed by atoms with Crippen LogP contribution in [0.15, 0.2) is 21.3 Å². The number of carboxylic acids is 1. The Morgan fingerprint density at radius 1 is 1.54 bits per heavy atom. The molecule has 0 saturated carbocycles. The van der Waals surface area contributed by atoms with Crippen molar-refractivity contribution in [1.82, 2.24) is 9.97 Å². The van der Waals surface area contributed by atoms with E-state index in [0.29, 0.717) is 0 Å². The smallest absolute Gasteiger partial charge is 0.418 e. The minimum Gasteiger partial charge on any atom is -0.477 e. The lowest BCUT2D eigenvalue weighted by Gasteiger charge is -1.90. The topological polar surface area (TPSA) is 96.2 Å². The van der Waals surface area contributed by atoms with Gasteiger partial charge in [0.1, 0.15) is 0 Å². The number of oxazole rings is 1. The second-order valence-electron chi connectivity index (χ2n) is 2.36. The fraction of sp³-hybridized carbons (Fsp3) is 0.